The maximum absolute atomic E-state index is 12.0. The fourth-order valence-corrected chi connectivity index (χ4v) is 3.30. The van der Waals surface area contributed by atoms with Gasteiger partial charge in [0, 0.05) is 11.4 Å². The predicted octanol–water partition coefficient (Wildman–Crippen LogP) is 2.89. The first-order valence-electron chi connectivity index (χ1n) is 7.40. The number of fused-ring (bicyclic) bond motifs is 1. The third-order valence-electron chi connectivity index (χ3n) is 3.71. The second-order valence-electron chi connectivity index (χ2n) is 5.34. The minimum Gasteiger partial charge on any atom is -0.325 e. The van der Waals surface area contributed by atoms with E-state index in [4.69, 9.17) is 0 Å². The van der Waals surface area contributed by atoms with Crippen LogP contribution in [0.2, 0.25) is 0 Å². The van der Waals surface area contributed by atoms with Crippen LogP contribution in [0.15, 0.2) is 40.3 Å². The van der Waals surface area contributed by atoms with Crippen molar-refractivity contribution in [2.45, 2.75) is 25.7 Å². The number of nitrogens with one attached hydrogen (secondary N) is 1. The maximum Gasteiger partial charge on any atom is 0.256 e. The summed E-state index contributed by atoms with van der Waals surface area (Å²) in [5.41, 5.74) is 1.70. The third-order valence-corrected chi connectivity index (χ3v) is 4.56. The molecule has 0 aromatic heterocycles. The summed E-state index contributed by atoms with van der Waals surface area (Å²) in [5.74, 6) is -0.146. The smallest absolute Gasteiger partial charge is 0.256 e. The molecule has 3 rings (SSSR count). The van der Waals surface area contributed by atoms with E-state index < -0.39 is 0 Å². The lowest BCUT2D eigenvalue weighted by molar-refractivity contribution is -0.120. The third kappa shape index (κ3) is 3.62. The Morgan fingerprint density at radius 3 is 2.86 bits per heavy atom. The van der Waals surface area contributed by atoms with Gasteiger partial charge in [-0.2, -0.15) is 4.99 Å². The standard InChI is InChI=1S/C16H17N3O2S/c20-14(17-11-6-2-1-3-7-11)10-22-16-18-13-9-5-4-8-12(13)15(21)19-16/h1-3,6-7,12H,4-5,8-10H2,(H,17,20). The van der Waals surface area contributed by atoms with E-state index in [1.165, 1.54) is 11.8 Å². The molecule has 1 aromatic rings. The Morgan fingerprint density at radius 1 is 1.23 bits per heavy atom. The van der Waals surface area contributed by atoms with Crippen molar-refractivity contribution < 1.29 is 9.59 Å². The van der Waals surface area contributed by atoms with Crippen molar-refractivity contribution in [2.75, 3.05) is 11.1 Å². The van der Waals surface area contributed by atoms with Gasteiger partial charge in [0.05, 0.1) is 11.7 Å². The van der Waals surface area contributed by atoms with Crippen molar-refractivity contribution in [1.29, 1.82) is 0 Å². The summed E-state index contributed by atoms with van der Waals surface area (Å²) < 4.78 is 0. The average molecular weight is 315 g/mol. The lowest BCUT2D eigenvalue weighted by Crippen LogP contribution is -2.30. The number of para-hydroxylation sites is 1. The minimum absolute atomic E-state index is 0.101. The van der Waals surface area contributed by atoms with E-state index in [9.17, 15) is 9.59 Å². The number of carbonyl (C=O) groups is 2. The number of hydrogen-bond donors (Lipinski definition) is 1. The van der Waals surface area contributed by atoms with Gasteiger partial charge < -0.3 is 5.32 Å². The first kappa shape index (κ1) is 15.0. The van der Waals surface area contributed by atoms with Crippen LogP contribution in [-0.2, 0) is 9.59 Å². The SMILES string of the molecule is O=C(CSC1=NC(=O)C2CCCCC2=N1)Nc1ccccc1. The number of rotatable bonds is 3. The van der Waals surface area contributed by atoms with Crippen molar-refractivity contribution in [3.05, 3.63) is 30.3 Å². The van der Waals surface area contributed by atoms with Crippen LogP contribution in [0.25, 0.3) is 0 Å². The van der Waals surface area contributed by atoms with Gasteiger partial charge in [0.1, 0.15) is 0 Å². The second kappa shape index (κ2) is 6.87. The van der Waals surface area contributed by atoms with Crippen LogP contribution >= 0.6 is 11.8 Å². The van der Waals surface area contributed by atoms with Crippen molar-refractivity contribution in [3.63, 3.8) is 0 Å². The monoisotopic (exact) mass is 315 g/mol. The Hall–Kier alpha value is -1.95. The summed E-state index contributed by atoms with van der Waals surface area (Å²) in [6.07, 6.45) is 3.86. The van der Waals surface area contributed by atoms with E-state index in [0.29, 0.717) is 5.17 Å². The van der Waals surface area contributed by atoms with Gasteiger partial charge in [0.15, 0.2) is 5.17 Å². The van der Waals surface area contributed by atoms with Crippen LogP contribution in [0.5, 0.6) is 0 Å². The zero-order valence-corrected chi connectivity index (χ0v) is 12.9. The van der Waals surface area contributed by atoms with Crippen LogP contribution in [-0.4, -0.2) is 28.4 Å². The Labute approximate surface area is 133 Å². The average Bonchev–Trinajstić information content (AvgIpc) is 2.54. The lowest BCUT2D eigenvalue weighted by Gasteiger charge is -2.24. The zero-order valence-electron chi connectivity index (χ0n) is 12.1. The highest BCUT2D eigenvalue weighted by molar-refractivity contribution is 8.14. The van der Waals surface area contributed by atoms with E-state index in [2.05, 4.69) is 15.3 Å². The first-order valence-corrected chi connectivity index (χ1v) is 8.38. The van der Waals surface area contributed by atoms with E-state index in [1.807, 2.05) is 30.3 Å². The number of thioether (sulfide) groups is 1. The van der Waals surface area contributed by atoms with Crippen LogP contribution in [0.3, 0.4) is 0 Å². The highest BCUT2D eigenvalue weighted by atomic mass is 32.2. The summed E-state index contributed by atoms with van der Waals surface area (Å²) in [4.78, 5) is 32.4. The number of anilines is 1. The van der Waals surface area contributed by atoms with E-state index in [1.54, 1.807) is 0 Å². The normalized spacial score (nSPS) is 20.7. The van der Waals surface area contributed by atoms with Gasteiger partial charge in [-0.05, 0) is 31.4 Å². The molecular weight excluding hydrogens is 298 g/mol. The fraction of sp³-hybridized carbons (Fsp3) is 0.375. The first-order chi connectivity index (χ1) is 10.7. The Balaban J connectivity index is 1.56. The van der Waals surface area contributed by atoms with Gasteiger partial charge in [-0.3, -0.25) is 9.59 Å². The van der Waals surface area contributed by atoms with Crippen LogP contribution in [0.1, 0.15) is 25.7 Å². The Morgan fingerprint density at radius 2 is 2.05 bits per heavy atom. The molecule has 1 saturated carbocycles. The summed E-state index contributed by atoms with van der Waals surface area (Å²) in [5, 5.41) is 3.22. The maximum atomic E-state index is 12.0. The number of amidine groups is 1. The molecule has 5 nitrogen and oxygen atoms in total. The van der Waals surface area contributed by atoms with Crippen molar-refractivity contribution in [3.8, 4) is 0 Å². The molecule has 0 spiro atoms. The van der Waals surface area contributed by atoms with Gasteiger partial charge in [-0.25, -0.2) is 4.99 Å². The lowest BCUT2D eigenvalue weighted by atomic mass is 9.86. The molecule has 114 valence electrons. The van der Waals surface area contributed by atoms with Crippen LogP contribution < -0.4 is 5.32 Å². The number of carbonyl (C=O) groups excluding carboxylic acids is 2. The molecule has 1 unspecified atom stereocenters. The molecule has 1 atom stereocenters. The molecule has 2 aliphatic rings. The molecular formula is C16H17N3O2S. The van der Waals surface area contributed by atoms with E-state index in [-0.39, 0.29) is 23.5 Å². The van der Waals surface area contributed by atoms with E-state index in [0.717, 1.165) is 37.1 Å². The Kier molecular flexibility index (Phi) is 4.68. The van der Waals surface area contributed by atoms with Gasteiger partial charge in [-0.1, -0.05) is 36.4 Å². The molecule has 1 N–H and O–H groups in total. The highest BCUT2D eigenvalue weighted by Gasteiger charge is 2.30. The second-order valence-corrected chi connectivity index (χ2v) is 6.28. The molecule has 1 aliphatic heterocycles. The molecule has 1 aliphatic carbocycles. The quantitative estimate of drug-likeness (QED) is 0.932. The summed E-state index contributed by atoms with van der Waals surface area (Å²) >= 11 is 1.21. The van der Waals surface area contributed by atoms with Gasteiger partial charge in [0.25, 0.3) is 5.91 Å². The molecule has 1 fully saturated rings. The summed E-state index contributed by atoms with van der Waals surface area (Å²) in [6, 6.07) is 9.28. The summed E-state index contributed by atoms with van der Waals surface area (Å²) in [6.45, 7) is 0. The fourth-order valence-electron chi connectivity index (χ4n) is 2.63. The van der Waals surface area contributed by atoms with Crippen LogP contribution in [0, 0.1) is 5.92 Å². The molecule has 0 saturated heterocycles. The molecule has 2 amide bonds. The van der Waals surface area contributed by atoms with Crippen molar-refractivity contribution in [1.82, 2.24) is 0 Å². The molecule has 6 heteroatoms. The largest absolute Gasteiger partial charge is 0.325 e. The zero-order chi connectivity index (χ0) is 15.4. The van der Waals surface area contributed by atoms with Gasteiger partial charge in [0.2, 0.25) is 5.91 Å². The molecule has 1 heterocycles. The van der Waals surface area contributed by atoms with Crippen LogP contribution in [0.4, 0.5) is 5.69 Å². The van der Waals surface area contributed by atoms with E-state index >= 15 is 0 Å². The number of benzene rings is 1. The van der Waals surface area contributed by atoms with Crippen molar-refractivity contribution in [2.24, 2.45) is 15.9 Å². The molecule has 0 bridgehead atoms. The summed E-state index contributed by atoms with van der Waals surface area (Å²) in [7, 11) is 0. The number of amides is 2. The molecule has 22 heavy (non-hydrogen) atoms. The van der Waals surface area contributed by atoms with Gasteiger partial charge in [-0.15, -0.1) is 0 Å². The molecule has 1 aromatic carbocycles. The van der Waals surface area contributed by atoms with Gasteiger partial charge >= 0.3 is 0 Å². The number of hydrogen-bond acceptors (Lipinski definition) is 4. The van der Waals surface area contributed by atoms with Crippen molar-refractivity contribution >= 4 is 40.1 Å². The number of aliphatic imine (C=N–C) groups is 2. The molecule has 0 radical (unpaired) electrons. The predicted molar refractivity (Wildman–Crippen MR) is 89.4 cm³/mol. The highest BCUT2D eigenvalue weighted by Crippen LogP contribution is 2.27. The Bertz CT molecular complexity index is 640. The topological polar surface area (TPSA) is 70.9 Å². The number of nitrogens with zero attached hydrogens (tertiary/aromatic N) is 2. The minimum atomic E-state index is -0.127.